The maximum atomic E-state index is 16.0. The molecule has 1 aliphatic rings. The topological polar surface area (TPSA) is 106 Å². The van der Waals surface area contributed by atoms with Crippen molar-refractivity contribution < 1.29 is 18.7 Å². The molecule has 2 aromatic carbocycles. The van der Waals surface area contributed by atoms with Gasteiger partial charge in [0.05, 0.1) is 17.3 Å². The first-order chi connectivity index (χ1) is 22.7. The lowest BCUT2D eigenvalue weighted by molar-refractivity contribution is 0.0196. The molecule has 0 bridgehead atoms. The molecule has 1 fully saturated rings. The summed E-state index contributed by atoms with van der Waals surface area (Å²) < 4.78 is 23.1. The second-order valence-electron chi connectivity index (χ2n) is 12.5. The van der Waals surface area contributed by atoms with Gasteiger partial charge in [0.1, 0.15) is 22.8 Å². The number of likely N-dealkylation sites (tertiary alicyclic amines) is 1. The summed E-state index contributed by atoms with van der Waals surface area (Å²) >= 11 is 1.64. The summed E-state index contributed by atoms with van der Waals surface area (Å²) in [6.07, 6.45) is 4.04. The number of fused-ring (bicyclic) bond motifs is 2. The molecule has 0 unspecified atom stereocenters. The van der Waals surface area contributed by atoms with Gasteiger partial charge in [-0.05, 0) is 92.4 Å². The first-order valence-corrected chi connectivity index (χ1v) is 16.2. The van der Waals surface area contributed by atoms with Gasteiger partial charge in [0.15, 0.2) is 5.65 Å². The lowest BCUT2D eigenvalue weighted by atomic mass is 10.0. The zero-order valence-corrected chi connectivity index (χ0v) is 26.9. The number of rotatable bonds is 5. The molecule has 2 amide bonds. The fourth-order valence-corrected chi connectivity index (χ4v) is 6.64. The lowest BCUT2D eigenvalue weighted by Crippen LogP contribution is -2.53. The Labute approximate surface area is 274 Å². The number of aromatic nitrogens is 5. The minimum atomic E-state index is -0.725. The van der Waals surface area contributed by atoms with Crippen LogP contribution in [0.4, 0.5) is 15.0 Å². The van der Waals surface area contributed by atoms with Crippen LogP contribution in [-0.2, 0) is 4.74 Å². The molecule has 0 spiro atoms. The molecule has 12 heteroatoms. The fourth-order valence-electron chi connectivity index (χ4n) is 5.92. The molecule has 10 nitrogen and oxygen atoms in total. The zero-order chi connectivity index (χ0) is 32.7. The summed E-state index contributed by atoms with van der Waals surface area (Å²) in [7, 11) is 0. The highest BCUT2D eigenvalue weighted by Crippen LogP contribution is 2.34. The SMILES string of the molecule is CC(C)(C)OC(=O)N1CCC[C@@H](N(C(=O)c2ccc(-n3nnc4cccnc43)cc2F)c2nccc3cc(-c4cccs4)ccc23)C1. The third-order valence-corrected chi connectivity index (χ3v) is 8.96. The van der Waals surface area contributed by atoms with Crippen LogP contribution in [0.5, 0.6) is 0 Å². The highest BCUT2D eigenvalue weighted by atomic mass is 32.1. The molecule has 1 atom stereocenters. The molecule has 0 radical (unpaired) electrons. The Kier molecular flexibility index (Phi) is 7.88. The molecular weight excluding hydrogens is 617 g/mol. The van der Waals surface area contributed by atoms with Crippen molar-refractivity contribution in [2.45, 2.75) is 45.3 Å². The van der Waals surface area contributed by atoms with Crippen LogP contribution >= 0.6 is 11.3 Å². The molecule has 238 valence electrons. The Morgan fingerprint density at radius 1 is 1.02 bits per heavy atom. The predicted octanol–water partition coefficient (Wildman–Crippen LogP) is 7.28. The second-order valence-corrected chi connectivity index (χ2v) is 13.4. The van der Waals surface area contributed by atoms with Crippen molar-refractivity contribution in [2.75, 3.05) is 18.0 Å². The minimum absolute atomic E-state index is 0.130. The van der Waals surface area contributed by atoms with Crippen molar-refractivity contribution in [3.8, 4) is 16.1 Å². The fraction of sp³-hybridized carbons (Fsp3) is 0.257. The number of amides is 2. The molecule has 6 aromatic rings. The summed E-state index contributed by atoms with van der Waals surface area (Å²) in [5.74, 6) is -0.887. The van der Waals surface area contributed by atoms with Gasteiger partial charge in [-0.1, -0.05) is 23.4 Å². The van der Waals surface area contributed by atoms with Crippen molar-refractivity contribution in [1.82, 2.24) is 29.9 Å². The smallest absolute Gasteiger partial charge is 0.410 e. The summed E-state index contributed by atoms with van der Waals surface area (Å²) in [4.78, 5) is 41.0. The van der Waals surface area contributed by atoms with Gasteiger partial charge >= 0.3 is 6.09 Å². The normalized spacial score (nSPS) is 15.2. The minimum Gasteiger partial charge on any atom is -0.444 e. The quantitative estimate of drug-likeness (QED) is 0.193. The van der Waals surface area contributed by atoms with Gasteiger partial charge in [0, 0.05) is 41.8 Å². The number of carbonyl (C=O) groups excluding carboxylic acids is 2. The summed E-state index contributed by atoms with van der Waals surface area (Å²) in [5.41, 5.74) is 1.66. The van der Waals surface area contributed by atoms with Crippen LogP contribution in [0, 0.1) is 5.82 Å². The molecule has 1 aliphatic heterocycles. The Hall–Kier alpha value is -5.23. The van der Waals surface area contributed by atoms with E-state index in [1.807, 2.05) is 50.4 Å². The number of pyridine rings is 2. The monoisotopic (exact) mass is 649 g/mol. The van der Waals surface area contributed by atoms with Crippen molar-refractivity contribution in [3.63, 3.8) is 0 Å². The number of ether oxygens (including phenoxy) is 1. The van der Waals surface area contributed by atoms with Crippen LogP contribution in [0.15, 0.2) is 84.5 Å². The number of anilines is 1. The van der Waals surface area contributed by atoms with E-state index in [1.165, 1.54) is 16.8 Å². The Morgan fingerprint density at radius 3 is 2.68 bits per heavy atom. The van der Waals surface area contributed by atoms with Crippen LogP contribution in [-0.4, -0.2) is 66.6 Å². The van der Waals surface area contributed by atoms with Gasteiger partial charge in [-0.2, -0.15) is 4.68 Å². The number of halogens is 1. The Morgan fingerprint density at radius 2 is 1.89 bits per heavy atom. The Bertz CT molecular complexity index is 2110. The molecule has 47 heavy (non-hydrogen) atoms. The van der Waals surface area contributed by atoms with Crippen LogP contribution < -0.4 is 4.90 Å². The number of thiophene rings is 1. The summed E-state index contributed by atoms with van der Waals surface area (Å²) in [6.45, 7) is 6.15. The summed E-state index contributed by atoms with van der Waals surface area (Å²) in [6, 6.07) is 19.3. The maximum Gasteiger partial charge on any atom is 0.410 e. The van der Waals surface area contributed by atoms with E-state index in [2.05, 4.69) is 27.4 Å². The molecule has 7 rings (SSSR count). The van der Waals surface area contributed by atoms with Gasteiger partial charge < -0.3 is 9.64 Å². The van der Waals surface area contributed by atoms with E-state index in [4.69, 9.17) is 9.72 Å². The van der Waals surface area contributed by atoms with Gasteiger partial charge in [-0.25, -0.2) is 19.2 Å². The van der Waals surface area contributed by atoms with Crippen LogP contribution in [0.3, 0.4) is 0 Å². The van der Waals surface area contributed by atoms with E-state index in [0.29, 0.717) is 42.1 Å². The molecular formula is C35H32FN7O3S. The van der Waals surface area contributed by atoms with E-state index >= 15 is 4.39 Å². The second kappa shape index (κ2) is 12.2. The van der Waals surface area contributed by atoms with Crippen molar-refractivity contribution in [1.29, 1.82) is 0 Å². The van der Waals surface area contributed by atoms with Gasteiger partial charge in [0.2, 0.25) is 0 Å². The zero-order valence-electron chi connectivity index (χ0n) is 26.1. The van der Waals surface area contributed by atoms with Crippen LogP contribution in [0.1, 0.15) is 44.0 Å². The number of carbonyl (C=O) groups is 2. The standard InChI is InChI=1S/C35H32FN7O3S/c1-35(2,3)46-34(45)41-17-5-7-25(21-41)42(31-26-12-10-23(30-9-6-18-47-30)19-22(26)14-16-38-31)33(44)27-13-11-24(20-28(27)36)43-32-29(39-40-43)8-4-15-37-32/h4,6,8-16,18-20,25H,5,7,17,21H2,1-3H3/t25-/m1/s1. The average molecular weight is 650 g/mol. The molecule has 0 aliphatic carbocycles. The number of hydrogen-bond acceptors (Lipinski definition) is 8. The van der Waals surface area contributed by atoms with Gasteiger partial charge in [-0.15, -0.1) is 16.4 Å². The van der Waals surface area contributed by atoms with Crippen molar-refractivity contribution in [3.05, 3.63) is 95.9 Å². The Balaban J connectivity index is 1.29. The first-order valence-electron chi connectivity index (χ1n) is 15.4. The largest absolute Gasteiger partial charge is 0.444 e. The number of nitrogens with zero attached hydrogens (tertiary/aromatic N) is 7. The van der Waals surface area contributed by atoms with E-state index in [-0.39, 0.29) is 12.1 Å². The molecule has 0 saturated carbocycles. The molecule has 4 aromatic heterocycles. The predicted molar refractivity (Wildman–Crippen MR) is 179 cm³/mol. The molecule has 1 saturated heterocycles. The maximum absolute atomic E-state index is 16.0. The molecule has 5 heterocycles. The van der Waals surface area contributed by atoms with Crippen molar-refractivity contribution in [2.24, 2.45) is 0 Å². The third-order valence-electron chi connectivity index (χ3n) is 8.05. The van der Waals surface area contributed by atoms with E-state index in [1.54, 1.807) is 51.7 Å². The number of piperidine rings is 1. The van der Waals surface area contributed by atoms with Gasteiger partial charge in [0.25, 0.3) is 5.91 Å². The van der Waals surface area contributed by atoms with E-state index in [0.717, 1.165) is 21.2 Å². The summed E-state index contributed by atoms with van der Waals surface area (Å²) in [5, 5.41) is 11.9. The van der Waals surface area contributed by atoms with Crippen LogP contribution in [0.2, 0.25) is 0 Å². The third kappa shape index (κ3) is 6.03. The number of benzene rings is 2. The first kappa shape index (κ1) is 30.4. The molecule has 0 N–H and O–H groups in total. The highest BCUT2D eigenvalue weighted by molar-refractivity contribution is 7.13. The number of hydrogen-bond donors (Lipinski definition) is 0. The van der Waals surface area contributed by atoms with E-state index < -0.39 is 29.5 Å². The van der Waals surface area contributed by atoms with E-state index in [9.17, 15) is 9.59 Å². The van der Waals surface area contributed by atoms with Gasteiger partial charge in [-0.3, -0.25) is 9.69 Å². The van der Waals surface area contributed by atoms with Crippen molar-refractivity contribution >= 4 is 51.1 Å². The lowest BCUT2D eigenvalue weighted by Gasteiger charge is -2.39. The average Bonchev–Trinajstić information content (AvgIpc) is 3.75. The highest BCUT2D eigenvalue weighted by Gasteiger charge is 2.36. The van der Waals surface area contributed by atoms with Crippen LogP contribution in [0.25, 0.3) is 38.1 Å².